The minimum Gasteiger partial charge on any atom is -1.00 e. The first-order valence-corrected chi connectivity index (χ1v) is 7.04. The molecule has 0 fully saturated rings. The summed E-state index contributed by atoms with van der Waals surface area (Å²) in [5, 5.41) is 0.976. The van der Waals surface area contributed by atoms with Gasteiger partial charge in [-0.05, 0) is 12.1 Å². The molecular formula is C13H13BrClF3S. The van der Waals surface area contributed by atoms with E-state index in [1.54, 1.807) is 39.0 Å². The molecule has 1 aromatic heterocycles. The number of halogens is 5. The summed E-state index contributed by atoms with van der Waals surface area (Å²) in [7, 11) is -1.86. The van der Waals surface area contributed by atoms with Crippen molar-refractivity contribution in [3.05, 3.63) is 34.2 Å². The minimum atomic E-state index is -4.25. The molecule has 1 aromatic carbocycles. The molecule has 1 unspecified atom stereocenters. The summed E-state index contributed by atoms with van der Waals surface area (Å²) in [6, 6.07) is 6.37. The predicted molar refractivity (Wildman–Crippen MR) is 71.4 cm³/mol. The fraction of sp³-hybridized carbons (Fsp3) is 0.385. The average molecular weight is 374 g/mol. The molecule has 0 saturated heterocycles. The van der Waals surface area contributed by atoms with E-state index in [1.807, 2.05) is 0 Å². The summed E-state index contributed by atoms with van der Waals surface area (Å²) >= 11 is 5.81. The van der Waals surface area contributed by atoms with E-state index in [2.05, 4.69) is 0 Å². The Labute approximate surface area is 128 Å². The first-order chi connectivity index (χ1) is 8.10. The van der Waals surface area contributed by atoms with Crippen LogP contribution in [0.5, 0.6) is 0 Å². The Bertz CT molecular complexity index is 596. The molecule has 2 aromatic rings. The Morgan fingerprint density at radius 2 is 1.63 bits per heavy atom. The van der Waals surface area contributed by atoms with Crippen LogP contribution in [0.15, 0.2) is 24.3 Å². The van der Waals surface area contributed by atoms with Crippen molar-refractivity contribution in [3.8, 4) is 0 Å². The van der Waals surface area contributed by atoms with E-state index in [4.69, 9.17) is 11.6 Å². The Morgan fingerprint density at radius 3 is 2.11 bits per heavy atom. The number of thiophene rings is 1. The lowest BCUT2D eigenvalue weighted by Gasteiger charge is -2.13. The zero-order valence-corrected chi connectivity index (χ0v) is 13.8. The van der Waals surface area contributed by atoms with Crippen molar-refractivity contribution in [3.63, 3.8) is 0 Å². The molecule has 0 spiro atoms. The third-order valence-electron chi connectivity index (χ3n) is 2.67. The third kappa shape index (κ3) is 3.26. The van der Waals surface area contributed by atoms with Crippen LogP contribution in [0.3, 0.4) is 0 Å². The molecule has 6 heteroatoms. The van der Waals surface area contributed by atoms with Crippen LogP contribution in [0.2, 0.25) is 5.02 Å². The summed E-state index contributed by atoms with van der Waals surface area (Å²) in [5.74, 6) is 0. The summed E-state index contributed by atoms with van der Waals surface area (Å²) in [6.07, 6.45) is 0. The molecule has 0 radical (unpaired) electrons. The predicted octanol–water partition coefficient (Wildman–Crippen LogP) is 3.02. The zero-order valence-electron chi connectivity index (χ0n) is 10.6. The van der Waals surface area contributed by atoms with Crippen molar-refractivity contribution in [2.75, 3.05) is 0 Å². The average Bonchev–Trinajstić information content (AvgIpc) is 2.54. The first-order valence-electron chi connectivity index (χ1n) is 5.43. The van der Waals surface area contributed by atoms with Gasteiger partial charge in [0, 0.05) is 28.0 Å². The highest BCUT2D eigenvalue weighted by Gasteiger charge is 2.50. The molecule has 2 rings (SSSR count). The highest BCUT2D eigenvalue weighted by Crippen LogP contribution is 2.54. The number of benzene rings is 1. The molecule has 19 heavy (non-hydrogen) atoms. The van der Waals surface area contributed by atoms with E-state index in [-0.39, 0.29) is 17.0 Å². The van der Waals surface area contributed by atoms with Crippen molar-refractivity contribution in [2.45, 2.75) is 31.7 Å². The lowest BCUT2D eigenvalue weighted by molar-refractivity contribution is -0.0869. The van der Waals surface area contributed by atoms with Crippen LogP contribution in [-0.2, 0) is 10.9 Å². The maximum atomic E-state index is 13.3. The Kier molecular flexibility index (Phi) is 4.65. The van der Waals surface area contributed by atoms with Crippen molar-refractivity contribution in [1.82, 2.24) is 0 Å². The monoisotopic (exact) mass is 372 g/mol. The largest absolute Gasteiger partial charge is 1.00 e. The third-order valence-corrected chi connectivity index (χ3v) is 5.33. The van der Waals surface area contributed by atoms with Gasteiger partial charge in [0.05, 0.1) is 10.5 Å². The molecule has 0 aliphatic rings. The summed E-state index contributed by atoms with van der Waals surface area (Å²) in [5.41, 5.74) is -4.76. The second kappa shape index (κ2) is 5.26. The molecule has 0 aliphatic carbocycles. The van der Waals surface area contributed by atoms with Gasteiger partial charge in [-0.3, -0.25) is 0 Å². The van der Waals surface area contributed by atoms with E-state index in [1.165, 1.54) is 6.07 Å². The van der Waals surface area contributed by atoms with Gasteiger partial charge in [-0.25, -0.2) is 0 Å². The second-order valence-electron chi connectivity index (χ2n) is 5.19. The lowest BCUT2D eigenvalue weighted by atomic mass is 9.94. The van der Waals surface area contributed by atoms with Gasteiger partial charge < -0.3 is 17.0 Å². The van der Waals surface area contributed by atoms with Gasteiger partial charge in [-0.2, -0.15) is 0 Å². The molecule has 0 aliphatic heterocycles. The smallest absolute Gasteiger partial charge is 0.600 e. The number of fused-ring (bicyclic) bond motifs is 1. The molecular weight excluding hydrogens is 361 g/mol. The second-order valence-corrected chi connectivity index (χ2v) is 7.58. The van der Waals surface area contributed by atoms with Gasteiger partial charge in [0.1, 0.15) is 0 Å². The van der Waals surface area contributed by atoms with Crippen LogP contribution in [0.25, 0.3) is 10.1 Å². The number of hydrogen-bond donors (Lipinski definition) is 0. The van der Waals surface area contributed by atoms with Crippen molar-refractivity contribution >= 4 is 32.2 Å². The molecule has 0 nitrogen and oxygen atoms in total. The van der Waals surface area contributed by atoms with Crippen molar-refractivity contribution in [1.29, 1.82) is 0 Å². The molecule has 0 N–H and O–H groups in total. The molecule has 106 valence electrons. The summed E-state index contributed by atoms with van der Waals surface area (Å²) in [6.45, 7) is 5.41. The molecule has 1 heterocycles. The quantitative estimate of drug-likeness (QED) is 0.623. The van der Waals surface area contributed by atoms with E-state index in [9.17, 15) is 13.2 Å². The highest BCUT2D eigenvalue weighted by atomic mass is 79.9. The van der Waals surface area contributed by atoms with Crippen LogP contribution in [-0.4, -0.2) is 0 Å². The SMILES string of the molecule is CC(C)(C)c1cc2ccc(Cl)cc2[s+]1C(F)(F)F.[Br-]. The standard InChI is InChI=1S/C13H13ClF3S.BrH/c1-12(2,3)11-6-8-4-5-9(14)7-10(8)18(11)13(15,16)17;/h4-7H,1-3H3;1H/q+1;/p-1. The van der Waals surface area contributed by atoms with Crippen molar-refractivity contribution in [2.24, 2.45) is 0 Å². The summed E-state index contributed by atoms with van der Waals surface area (Å²) in [4.78, 5) is 0.423. The maximum Gasteiger partial charge on any atom is 0.600 e. The van der Waals surface area contributed by atoms with Crippen LogP contribution in [0, 0.1) is 0 Å². The maximum absolute atomic E-state index is 13.3. The fourth-order valence-corrected chi connectivity index (χ4v) is 4.33. The zero-order chi connectivity index (χ0) is 13.7. The van der Waals surface area contributed by atoms with Gasteiger partial charge in [0.25, 0.3) is 0 Å². The van der Waals surface area contributed by atoms with Crippen LogP contribution in [0.1, 0.15) is 25.6 Å². The van der Waals surface area contributed by atoms with Crippen molar-refractivity contribution < 1.29 is 30.2 Å². The van der Waals surface area contributed by atoms with Crippen LogP contribution in [0.4, 0.5) is 13.2 Å². The Morgan fingerprint density at radius 1 is 1.05 bits per heavy atom. The van der Waals surface area contributed by atoms with Crippen LogP contribution >= 0.6 is 22.1 Å². The molecule has 0 saturated carbocycles. The summed E-state index contributed by atoms with van der Waals surface area (Å²) < 4.78 is 40.1. The normalized spacial score (nSPS) is 13.5. The van der Waals surface area contributed by atoms with E-state index in [0.29, 0.717) is 20.0 Å². The van der Waals surface area contributed by atoms with Gasteiger partial charge in [0.2, 0.25) is 0 Å². The number of rotatable bonds is 0. The topological polar surface area (TPSA) is 0 Å². The Hall–Kier alpha value is -0.260. The first kappa shape index (κ1) is 16.8. The lowest BCUT2D eigenvalue weighted by Crippen LogP contribution is -3.00. The minimum absolute atomic E-state index is 0. The number of alkyl halides is 3. The van der Waals surface area contributed by atoms with Gasteiger partial charge in [0.15, 0.2) is 9.58 Å². The van der Waals surface area contributed by atoms with E-state index in [0.717, 1.165) is 0 Å². The van der Waals surface area contributed by atoms with Gasteiger partial charge in [-0.1, -0.05) is 32.4 Å². The van der Waals surface area contributed by atoms with E-state index >= 15 is 0 Å². The Balaban J connectivity index is 0.00000180. The van der Waals surface area contributed by atoms with Crippen LogP contribution < -0.4 is 17.0 Å². The molecule has 0 bridgehead atoms. The van der Waals surface area contributed by atoms with E-state index < -0.39 is 21.4 Å². The highest BCUT2D eigenvalue weighted by molar-refractivity contribution is 7.38. The number of hydrogen-bond acceptors (Lipinski definition) is 0. The molecule has 1 atom stereocenters. The molecule has 0 amide bonds. The van der Waals surface area contributed by atoms with Gasteiger partial charge >= 0.3 is 5.51 Å². The fourth-order valence-electron chi connectivity index (χ4n) is 1.89. The van der Waals surface area contributed by atoms with Gasteiger partial charge in [-0.15, -0.1) is 13.2 Å².